The van der Waals surface area contributed by atoms with Crippen molar-refractivity contribution in [1.29, 1.82) is 0 Å². The number of imidazole rings is 1. The van der Waals surface area contributed by atoms with E-state index in [2.05, 4.69) is 9.97 Å². The van der Waals surface area contributed by atoms with Gasteiger partial charge in [-0.1, -0.05) is 23.2 Å². The minimum absolute atomic E-state index is 0.0123. The van der Waals surface area contributed by atoms with Crippen molar-refractivity contribution in [3.05, 3.63) is 40.5 Å². The van der Waals surface area contributed by atoms with Gasteiger partial charge in [-0.25, -0.2) is 9.37 Å². The number of hydrogen-bond acceptors (Lipinski definition) is 1. The fourth-order valence-electron chi connectivity index (χ4n) is 1.13. The summed E-state index contributed by atoms with van der Waals surface area (Å²) < 4.78 is 13.1. The van der Waals surface area contributed by atoms with E-state index in [1.807, 2.05) is 0 Å². The Hall–Kier alpha value is -1.06. The van der Waals surface area contributed by atoms with Crippen LogP contribution in [-0.4, -0.2) is 9.97 Å². The van der Waals surface area contributed by atoms with Crippen molar-refractivity contribution in [2.24, 2.45) is 0 Å². The second-order valence-corrected chi connectivity index (χ2v) is 3.53. The largest absolute Gasteiger partial charge is 0.345 e. The van der Waals surface area contributed by atoms with Gasteiger partial charge in [-0.15, -0.1) is 0 Å². The Bertz CT molecular complexity index is 454. The fraction of sp³-hybridized carbons (Fsp3) is 0. The van der Waals surface area contributed by atoms with Gasteiger partial charge in [-0.3, -0.25) is 0 Å². The molecule has 0 fully saturated rings. The molecule has 0 aliphatic carbocycles. The summed E-state index contributed by atoms with van der Waals surface area (Å²) in [5, 5.41) is 0.402. The summed E-state index contributed by atoms with van der Waals surface area (Å²) >= 11 is 11.5. The van der Waals surface area contributed by atoms with Crippen molar-refractivity contribution in [1.82, 2.24) is 9.97 Å². The Kier molecular flexibility index (Phi) is 2.44. The Morgan fingerprint density at radius 3 is 2.64 bits per heavy atom. The van der Waals surface area contributed by atoms with Crippen LogP contribution in [0.25, 0.3) is 11.3 Å². The van der Waals surface area contributed by atoms with E-state index in [0.29, 0.717) is 16.3 Å². The number of nitrogens with one attached hydrogen (secondary N) is 1. The van der Waals surface area contributed by atoms with Crippen molar-refractivity contribution in [2.45, 2.75) is 0 Å². The molecule has 0 saturated heterocycles. The van der Waals surface area contributed by atoms with Gasteiger partial charge in [0.05, 0.1) is 28.3 Å². The highest BCUT2D eigenvalue weighted by Crippen LogP contribution is 2.30. The molecule has 0 aliphatic heterocycles. The second-order valence-electron chi connectivity index (χ2n) is 2.71. The molecule has 0 saturated carbocycles. The quantitative estimate of drug-likeness (QED) is 0.747. The third-order valence-corrected chi connectivity index (χ3v) is 2.40. The summed E-state index contributed by atoms with van der Waals surface area (Å²) in [7, 11) is 0. The monoisotopic (exact) mass is 230 g/mol. The maximum atomic E-state index is 13.1. The molecule has 0 amide bonds. The molecule has 1 aromatic heterocycles. The van der Waals surface area contributed by atoms with Gasteiger partial charge in [0.1, 0.15) is 5.82 Å². The summed E-state index contributed by atoms with van der Waals surface area (Å²) in [5.41, 5.74) is 1.21. The molecule has 1 heterocycles. The minimum Gasteiger partial charge on any atom is -0.345 e. The van der Waals surface area contributed by atoms with Gasteiger partial charge >= 0.3 is 0 Å². The zero-order valence-corrected chi connectivity index (χ0v) is 8.40. The molecule has 2 rings (SSSR count). The van der Waals surface area contributed by atoms with Crippen LogP contribution in [0.15, 0.2) is 24.7 Å². The number of H-pyrrole nitrogens is 1. The van der Waals surface area contributed by atoms with Gasteiger partial charge in [0.25, 0.3) is 0 Å². The first-order chi connectivity index (χ1) is 6.68. The maximum absolute atomic E-state index is 13.1. The fourth-order valence-corrected chi connectivity index (χ4v) is 1.62. The third kappa shape index (κ3) is 1.61. The summed E-state index contributed by atoms with van der Waals surface area (Å²) in [4.78, 5) is 6.66. The van der Waals surface area contributed by atoms with Crippen LogP contribution in [0.3, 0.4) is 0 Å². The van der Waals surface area contributed by atoms with Gasteiger partial charge in [-0.05, 0) is 12.1 Å². The van der Waals surface area contributed by atoms with Crippen LogP contribution in [0, 0.1) is 5.82 Å². The summed E-state index contributed by atoms with van der Waals surface area (Å²) in [5.74, 6) is -0.499. The third-order valence-electron chi connectivity index (χ3n) is 1.80. The van der Waals surface area contributed by atoms with E-state index in [4.69, 9.17) is 23.2 Å². The zero-order chi connectivity index (χ0) is 10.1. The van der Waals surface area contributed by atoms with E-state index in [1.165, 1.54) is 18.5 Å². The molecule has 14 heavy (non-hydrogen) atoms. The molecular formula is C9H5Cl2FN2. The van der Waals surface area contributed by atoms with Crippen molar-refractivity contribution >= 4 is 23.2 Å². The van der Waals surface area contributed by atoms with Crippen molar-refractivity contribution < 1.29 is 4.39 Å². The van der Waals surface area contributed by atoms with Gasteiger partial charge in [0.2, 0.25) is 0 Å². The molecule has 1 N–H and O–H groups in total. The highest BCUT2D eigenvalue weighted by Gasteiger charge is 2.09. The van der Waals surface area contributed by atoms with E-state index in [1.54, 1.807) is 6.20 Å². The molecule has 0 radical (unpaired) electrons. The van der Waals surface area contributed by atoms with Crippen LogP contribution >= 0.6 is 23.2 Å². The zero-order valence-electron chi connectivity index (χ0n) is 6.89. The maximum Gasteiger partial charge on any atom is 0.142 e. The molecule has 0 bridgehead atoms. The van der Waals surface area contributed by atoms with E-state index in [-0.39, 0.29) is 5.02 Å². The van der Waals surface area contributed by atoms with Gasteiger partial charge in [0, 0.05) is 5.56 Å². The average Bonchev–Trinajstić information content (AvgIpc) is 2.64. The molecule has 5 heteroatoms. The van der Waals surface area contributed by atoms with Crippen LogP contribution in [0.1, 0.15) is 0 Å². The Morgan fingerprint density at radius 2 is 2.00 bits per heavy atom. The van der Waals surface area contributed by atoms with Gasteiger partial charge in [-0.2, -0.15) is 0 Å². The first kappa shape index (κ1) is 9.49. The topological polar surface area (TPSA) is 28.7 Å². The molecule has 0 spiro atoms. The van der Waals surface area contributed by atoms with E-state index in [9.17, 15) is 4.39 Å². The van der Waals surface area contributed by atoms with E-state index < -0.39 is 5.82 Å². The molecule has 0 aliphatic rings. The molecule has 72 valence electrons. The van der Waals surface area contributed by atoms with Crippen LogP contribution < -0.4 is 0 Å². The van der Waals surface area contributed by atoms with Crippen LogP contribution in [0.5, 0.6) is 0 Å². The highest BCUT2D eigenvalue weighted by atomic mass is 35.5. The molecule has 0 atom stereocenters. The number of benzene rings is 1. The number of nitrogens with zero attached hydrogens (tertiary/aromatic N) is 1. The van der Waals surface area contributed by atoms with Crippen molar-refractivity contribution in [2.75, 3.05) is 0 Å². The highest BCUT2D eigenvalue weighted by molar-refractivity contribution is 6.36. The van der Waals surface area contributed by atoms with E-state index >= 15 is 0 Å². The van der Waals surface area contributed by atoms with Crippen molar-refractivity contribution in [3.8, 4) is 11.3 Å². The molecule has 0 unspecified atom stereocenters. The Labute approximate surface area is 89.7 Å². The normalized spacial score (nSPS) is 10.5. The standard InChI is InChI=1S/C9H5Cl2FN2/c10-6-2-7(11)8(12)1-5(6)9-3-13-4-14-9/h1-4H,(H,13,14). The van der Waals surface area contributed by atoms with Gasteiger partial charge < -0.3 is 4.98 Å². The number of aromatic nitrogens is 2. The summed E-state index contributed by atoms with van der Waals surface area (Å²) in [6.45, 7) is 0. The Morgan fingerprint density at radius 1 is 1.21 bits per heavy atom. The van der Waals surface area contributed by atoms with E-state index in [0.717, 1.165) is 0 Å². The molecular weight excluding hydrogens is 226 g/mol. The lowest BCUT2D eigenvalue weighted by Gasteiger charge is -2.02. The number of rotatable bonds is 1. The first-order valence-electron chi connectivity index (χ1n) is 3.82. The van der Waals surface area contributed by atoms with Crippen LogP contribution in [0.2, 0.25) is 10.0 Å². The molecule has 2 nitrogen and oxygen atoms in total. The molecule has 1 aromatic carbocycles. The lowest BCUT2D eigenvalue weighted by atomic mass is 10.1. The van der Waals surface area contributed by atoms with Crippen LogP contribution in [0.4, 0.5) is 4.39 Å². The average molecular weight is 231 g/mol. The first-order valence-corrected chi connectivity index (χ1v) is 4.57. The number of hydrogen-bond donors (Lipinski definition) is 1. The summed E-state index contributed by atoms with van der Waals surface area (Å²) in [6, 6.07) is 2.65. The number of halogens is 3. The SMILES string of the molecule is Fc1cc(-c2cnc[nH]2)c(Cl)cc1Cl. The lowest BCUT2D eigenvalue weighted by molar-refractivity contribution is 0.629. The second kappa shape index (κ2) is 3.59. The summed E-state index contributed by atoms with van der Waals surface area (Å²) in [6.07, 6.45) is 3.06. The Balaban J connectivity index is 2.60. The smallest absolute Gasteiger partial charge is 0.142 e. The predicted molar refractivity (Wildman–Crippen MR) is 54.0 cm³/mol. The van der Waals surface area contributed by atoms with Gasteiger partial charge in [0.15, 0.2) is 0 Å². The molecule has 2 aromatic rings. The van der Waals surface area contributed by atoms with Crippen molar-refractivity contribution in [3.63, 3.8) is 0 Å². The van der Waals surface area contributed by atoms with Crippen LogP contribution in [-0.2, 0) is 0 Å². The minimum atomic E-state index is -0.499. The predicted octanol–water partition coefficient (Wildman–Crippen LogP) is 3.52. The lowest BCUT2D eigenvalue weighted by Crippen LogP contribution is -1.83. The number of aromatic amines is 1.